The van der Waals surface area contributed by atoms with Crippen LogP contribution in [-0.2, 0) is 0 Å². The highest BCUT2D eigenvalue weighted by Crippen LogP contribution is 2.23. The Hall–Kier alpha value is -1.77. The lowest BCUT2D eigenvalue weighted by molar-refractivity contribution is 0.0788. The van der Waals surface area contributed by atoms with E-state index >= 15 is 0 Å². The molecule has 1 amide bonds. The monoisotopic (exact) mass is 256 g/mol. The quantitative estimate of drug-likeness (QED) is 0.876. The van der Waals surface area contributed by atoms with E-state index in [0.29, 0.717) is 5.92 Å². The first-order chi connectivity index (χ1) is 9.15. The fraction of sp³-hybridized carbons (Fsp3) is 0.438. The lowest BCUT2D eigenvalue weighted by Gasteiger charge is -2.13. The predicted octanol–water partition coefficient (Wildman–Crippen LogP) is 3.53. The van der Waals surface area contributed by atoms with Gasteiger partial charge in [-0.05, 0) is 36.5 Å². The molecular formula is C16H20N2O. The van der Waals surface area contributed by atoms with Gasteiger partial charge in [0.25, 0.3) is 5.91 Å². The second kappa shape index (κ2) is 4.72. The summed E-state index contributed by atoms with van der Waals surface area (Å²) in [4.78, 5) is 17.5. The van der Waals surface area contributed by atoms with Crippen LogP contribution in [0.3, 0.4) is 0 Å². The van der Waals surface area contributed by atoms with Gasteiger partial charge in [0.15, 0.2) is 0 Å². The summed E-state index contributed by atoms with van der Waals surface area (Å²) in [6.45, 7) is 6.15. The highest BCUT2D eigenvalue weighted by Gasteiger charge is 2.20. The van der Waals surface area contributed by atoms with Crippen molar-refractivity contribution in [1.29, 1.82) is 0 Å². The van der Waals surface area contributed by atoms with E-state index in [1.165, 1.54) is 5.56 Å². The summed E-state index contributed by atoms with van der Waals surface area (Å²) >= 11 is 0. The van der Waals surface area contributed by atoms with E-state index < -0.39 is 0 Å². The predicted molar refractivity (Wildman–Crippen MR) is 77.5 cm³/mol. The molecule has 2 aromatic rings. The summed E-state index contributed by atoms with van der Waals surface area (Å²) in [6, 6.07) is 8.37. The smallest absolute Gasteiger partial charge is 0.270 e. The zero-order chi connectivity index (χ0) is 13.4. The lowest BCUT2D eigenvalue weighted by atomic mass is 10.0. The standard InChI is InChI=1S/C16H20N2O/c1-11(2)12-5-6-13-10-15(17-14(13)9-12)16(19)18-7-3-4-8-18/h5-6,9-11,17H,3-4,7-8H2,1-2H3. The average molecular weight is 256 g/mol. The minimum atomic E-state index is 0.139. The van der Waals surface area contributed by atoms with E-state index in [1.54, 1.807) is 0 Å². The third-order valence-electron chi connectivity index (χ3n) is 3.94. The second-order valence-corrected chi connectivity index (χ2v) is 5.68. The fourth-order valence-corrected chi connectivity index (χ4v) is 2.71. The van der Waals surface area contributed by atoms with Crippen LogP contribution >= 0.6 is 0 Å². The van der Waals surface area contributed by atoms with E-state index in [9.17, 15) is 4.79 Å². The molecule has 0 spiro atoms. The van der Waals surface area contributed by atoms with Crippen LogP contribution in [0.25, 0.3) is 10.9 Å². The van der Waals surface area contributed by atoms with Gasteiger partial charge in [0.2, 0.25) is 0 Å². The number of nitrogens with one attached hydrogen (secondary N) is 1. The second-order valence-electron chi connectivity index (χ2n) is 5.68. The number of rotatable bonds is 2. The first kappa shape index (κ1) is 12.3. The van der Waals surface area contributed by atoms with Gasteiger partial charge in [-0.3, -0.25) is 4.79 Å². The van der Waals surface area contributed by atoms with Crippen molar-refractivity contribution < 1.29 is 4.79 Å². The molecule has 0 radical (unpaired) electrons. The molecule has 0 saturated carbocycles. The molecule has 1 aromatic heterocycles. The van der Waals surface area contributed by atoms with Crippen LogP contribution in [0.1, 0.15) is 48.7 Å². The normalized spacial score (nSPS) is 15.6. The van der Waals surface area contributed by atoms with Crippen molar-refractivity contribution in [2.45, 2.75) is 32.6 Å². The largest absolute Gasteiger partial charge is 0.351 e. The third kappa shape index (κ3) is 2.25. The van der Waals surface area contributed by atoms with E-state index in [0.717, 1.165) is 42.5 Å². The van der Waals surface area contributed by atoms with E-state index in [2.05, 4.69) is 37.0 Å². The SMILES string of the molecule is CC(C)c1ccc2cc(C(=O)N3CCCC3)[nH]c2c1. The molecule has 0 atom stereocenters. The maximum absolute atomic E-state index is 12.3. The van der Waals surface area contributed by atoms with Gasteiger partial charge >= 0.3 is 0 Å². The molecule has 1 aliphatic rings. The van der Waals surface area contributed by atoms with Crippen LogP contribution in [0.15, 0.2) is 24.3 Å². The van der Waals surface area contributed by atoms with Gasteiger partial charge in [-0.1, -0.05) is 26.0 Å². The number of H-pyrrole nitrogens is 1. The van der Waals surface area contributed by atoms with Gasteiger partial charge in [0.1, 0.15) is 5.69 Å². The molecule has 1 aromatic carbocycles. The van der Waals surface area contributed by atoms with Crippen LogP contribution in [0.5, 0.6) is 0 Å². The molecule has 3 rings (SSSR count). The molecule has 3 heteroatoms. The van der Waals surface area contributed by atoms with E-state index in [4.69, 9.17) is 0 Å². The Morgan fingerprint density at radius 3 is 2.63 bits per heavy atom. The minimum Gasteiger partial charge on any atom is -0.351 e. The molecule has 19 heavy (non-hydrogen) atoms. The van der Waals surface area contributed by atoms with Crippen LogP contribution in [0.2, 0.25) is 0 Å². The first-order valence-electron chi connectivity index (χ1n) is 7.07. The van der Waals surface area contributed by atoms with Crippen LogP contribution < -0.4 is 0 Å². The highest BCUT2D eigenvalue weighted by molar-refractivity contribution is 5.98. The topological polar surface area (TPSA) is 36.1 Å². The molecule has 1 aliphatic heterocycles. The molecule has 1 fully saturated rings. The summed E-state index contributed by atoms with van der Waals surface area (Å²) in [5, 5.41) is 1.12. The van der Waals surface area contributed by atoms with E-state index in [1.807, 2.05) is 11.0 Å². The Bertz CT molecular complexity index is 606. The lowest BCUT2D eigenvalue weighted by Crippen LogP contribution is -2.27. The summed E-state index contributed by atoms with van der Waals surface area (Å²) in [5.74, 6) is 0.644. The Kier molecular flexibility index (Phi) is 3.05. The van der Waals surface area contributed by atoms with Crippen molar-refractivity contribution in [2.75, 3.05) is 13.1 Å². The molecular weight excluding hydrogens is 236 g/mol. The Balaban J connectivity index is 1.94. The van der Waals surface area contributed by atoms with Crippen LogP contribution in [0, 0.1) is 0 Å². The Labute approximate surface area is 113 Å². The van der Waals surface area contributed by atoms with Gasteiger partial charge in [-0.15, -0.1) is 0 Å². The van der Waals surface area contributed by atoms with E-state index in [-0.39, 0.29) is 5.91 Å². The number of likely N-dealkylation sites (tertiary alicyclic amines) is 1. The number of aromatic amines is 1. The first-order valence-corrected chi connectivity index (χ1v) is 7.07. The number of hydrogen-bond acceptors (Lipinski definition) is 1. The van der Waals surface area contributed by atoms with Crippen molar-refractivity contribution in [2.24, 2.45) is 0 Å². The summed E-state index contributed by atoms with van der Waals surface area (Å²) in [6.07, 6.45) is 2.26. The van der Waals surface area contributed by atoms with Crippen LogP contribution in [-0.4, -0.2) is 28.9 Å². The minimum absolute atomic E-state index is 0.139. The number of fused-ring (bicyclic) bond motifs is 1. The van der Waals surface area contributed by atoms with Crippen molar-refractivity contribution in [3.05, 3.63) is 35.5 Å². The number of benzene rings is 1. The molecule has 0 bridgehead atoms. The molecule has 100 valence electrons. The molecule has 3 nitrogen and oxygen atoms in total. The molecule has 2 heterocycles. The Morgan fingerprint density at radius 1 is 1.21 bits per heavy atom. The number of carbonyl (C=O) groups excluding carboxylic acids is 1. The number of hydrogen-bond donors (Lipinski definition) is 1. The summed E-state index contributed by atoms with van der Waals surface area (Å²) < 4.78 is 0. The van der Waals surface area contributed by atoms with Crippen molar-refractivity contribution in [3.8, 4) is 0 Å². The summed E-state index contributed by atoms with van der Waals surface area (Å²) in [7, 11) is 0. The molecule has 1 N–H and O–H groups in total. The summed E-state index contributed by atoms with van der Waals surface area (Å²) in [5.41, 5.74) is 3.08. The number of carbonyl (C=O) groups is 1. The van der Waals surface area contributed by atoms with Gasteiger partial charge in [-0.2, -0.15) is 0 Å². The van der Waals surface area contributed by atoms with Gasteiger partial charge in [0, 0.05) is 24.0 Å². The highest BCUT2D eigenvalue weighted by atomic mass is 16.2. The molecule has 1 saturated heterocycles. The molecule has 0 unspecified atom stereocenters. The third-order valence-corrected chi connectivity index (χ3v) is 3.94. The van der Waals surface area contributed by atoms with Crippen molar-refractivity contribution in [1.82, 2.24) is 9.88 Å². The number of nitrogens with zero attached hydrogens (tertiary/aromatic N) is 1. The number of aromatic nitrogens is 1. The van der Waals surface area contributed by atoms with Crippen LogP contribution in [0.4, 0.5) is 0 Å². The van der Waals surface area contributed by atoms with Crippen molar-refractivity contribution >= 4 is 16.8 Å². The maximum Gasteiger partial charge on any atom is 0.270 e. The average Bonchev–Trinajstić information content (AvgIpc) is 3.06. The van der Waals surface area contributed by atoms with Crippen molar-refractivity contribution in [3.63, 3.8) is 0 Å². The molecule has 0 aliphatic carbocycles. The van der Waals surface area contributed by atoms with Gasteiger partial charge in [-0.25, -0.2) is 0 Å². The Morgan fingerprint density at radius 2 is 1.95 bits per heavy atom. The van der Waals surface area contributed by atoms with Gasteiger partial charge < -0.3 is 9.88 Å². The zero-order valence-corrected chi connectivity index (χ0v) is 11.6. The number of amides is 1. The maximum atomic E-state index is 12.3. The van der Waals surface area contributed by atoms with Gasteiger partial charge in [0.05, 0.1) is 0 Å². The fourth-order valence-electron chi connectivity index (χ4n) is 2.71. The zero-order valence-electron chi connectivity index (χ0n) is 11.6.